The molecule has 146 valence electrons. The average molecular weight is 379 g/mol. The summed E-state index contributed by atoms with van der Waals surface area (Å²) in [5, 5.41) is 5.86. The van der Waals surface area contributed by atoms with E-state index in [1.165, 1.54) is 0 Å². The van der Waals surface area contributed by atoms with Crippen molar-refractivity contribution in [3.05, 3.63) is 51.8 Å². The lowest BCUT2D eigenvalue weighted by atomic mass is 9.85. The number of carbonyl (C=O) groups is 1. The van der Waals surface area contributed by atoms with Gasteiger partial charge in [-0.2, -0.15) is 5.10 Å². The van der Waals surface area contributed by atoms with Gasteiger partial charge in [-0.25, -0.2) is 4.79 Å². The van der Waals surface area contributed by atoms with E-state index in [4.69, 9.17) is 9.84 Å². The molecule has 0 radical (unpaired) electrons. The van der Waals surface area contributed by atoms with Crippen molar-refractivity contribution < 1.29 is 9.53 Å². The number of hydrogen-bond acceptors (Lipinski definition) is 4. The predicted octanol–water partition coefficient (Wildman–Crippen LogP) is 3.95. The second-order valence-electron chi connectivity index (χ2n) is 8.45. The first-order valence-corrected chi connectivity index (χ1v) is 9.62. The molecule has 6 heteroatoms. The molecule has 0 N–H and O–H groups in total. The van der Waals surface area contributed by atoms with E-state index in [0.29, 0.717) is 6.54 Å². The van der Waals surface area contributed by atoms with Crippen molar-refractivity contribution in [1.29, 1.82) is 0 Å². The Morgan fingerprint density at radius 2 is 2.07 bits per heavy atom. The van der Waals surface area contributed by atoms with Gasteiger partial charge in [0, 0.05) is 17.6 Å². The van der Waals surface area contributed by atoms with Crippen molar-refractivity contribution in [3.63, 3.8) is 0 Å². The van der Waals surface area contributed by atoms with Crippen molar-refractivity contribution in [2.45, 2.75) is 47.2 Å². The normalized spacial score (nSPS) is 16.0. The molecular weight excluding hydrogens is 354 g/mol. The van der Waals surface area contributed by atoms with Gasteiger partial charge in [0.15, 0.2) is 5.43 Å². The van der Waals surface area contributed by atoms with Crippen molar-refractivity contribution in [3.8, 4) is 11.4 Å². The Kier molecular flexibility index (Phi) is 4.17. The number of rotatable bonds is 2. The van der Waals surface area contributed by atoms with Crippen LogP contribution in [0.25, 0.3) is 22.3 Å². The summed E-state index contributed by atoms with van der Waals surface area (Å²) in [6.45, 7) is 11.2. The quantitative estimate of drug-likeness (QED) is 0.633. The number of aryl methyl sites for hydroxylation is 1. The Hall–Kier alpha value is -2.89. The lowest BCUT2D eigenvalue weighted by Gasteiger charge is -2.38. The molecule has 0 saturated carbocycles. The highest BCUT2D eigenvalue weighted by molar-refractivity contribution is 5.95. The third kappa shape index (κ3) is 2.75. The van der Waals surface area contributed by atoms with Crippen LogP contribution in [0.2, 0.25) is 0 Å². The van der Waals surface area contributed by atoms with Gasteiger partial charge in [0.1, 0.15) is 5.56 Å². The molecule has 3 heterocycles. The van der Waals surface area contributed by atoms with Crippen molar-refractivity contribution in [1.82, 2.24) is 14.3 Å². The molecule has 1 aromatic carbocycles. The van der Waals surface area contributed by atoms with Crippen molar-refractivity contribution >= 4 is 16.9 Å². The van der Waals surface area contributed by atoms with Crippen LogP contribution in [-0.4, -0.2) is 26.9 Å². The zero-order valence-electron chi connectivity index (χ0n) is 16.9. The van der Waals surface area contributed by atoms with Crippen LogP contribution in [0, 0.1) is 12.3 Å². The minimum Gasteiger partial charge on any atom is -0.462 e. The molecule has 0 spiro atoms. The maximum absolute atomic E-state index is 12.8. The number of carbonyl (C=O) groups excluding carboxylic acids is 1. The second-order valence-corrected chi connectivity index (χ2v) is 8.45. The Morgan fingerprint density at radius 1 is 1.32 bits per heavy atom. The van der Waals surface area contributed by atoms with Crippen LogP contribution < -0.4 is 5.43 Å². The molecule has 0 amide bonds. The number of nitrogens with zero attached hydrogens (tertiary/aromatic N) is 3. The van der Waals surface area contributed by atoms with Crippen LogP contribution >= 0.6 is 0 Å². The SMILES string of the molecule is CCOC(=O)c1cn2c(cc1=O)-c1c3cccc(C)c3nn1CC2C(C)(C)C. The Morgan fingerprint density at radius 3 is 2.75 bits per heavy atom. The summed E-state index contributed by atoms with van der Waals surface area (Å²) >= 11 is 0. The first-order valence-electron chi connectivity index (χ1n) is 9.62. The summed E-state index contributed by atoms with van der Waals surface area (Å²) in [7, 11) is 0. The number of fused-ring (bicyclic) bond motifs is 5. The van der Waals surface area contributed by atoms with E-state index in [1.807, 2.05) is 29.8 Å². The van der Waals surface area contributed by atoms with Gasteiger partial charge < -0.3 is 9.30 Å². The van der Waals surface area contributed by atoms with Crippen LogP contribution in [-0.2, 0) is 11.3 Å². The number of aromatic nitrogens is 3. The molecule has 6 nitrogen and oxygen atoms in total. The first-order chi connectivity index (χ1) is 13.2. The average Bonchev–Trinajstić information content (AvgIpc) is 3.00. The number of ether oxygens (including phenoxy) is 1. The van der Waals surface area contributed by atoms with E-state index >= 15 is 0 Å². The summed E-state index contributed by atoms with van der Waals surface area (Å²) in [5.74, 6) is -0.574. The Bertz CT molecular complexity index is 1150. The number of hydrogen-bond donors (Lipinski definition) is 0. The van der Waals surface area contributed by atoms with Gasteiger partial charge >= 0.3 is 5.97 Å². The molecule has 0 bridgehead atoms. The second kappa shape index (κ2) is 6.33. The number of esters is 1. The zero-order chi connectivity index (χ0) is 20.2. The molecule has 1 aliphatic heterocycles. The number of pyridine rings is 1. The van der Waals surface area contributed by atoms with Gasteiger partial charge in [-0.1, -0.05) is 39.0 Å². The van der Waals surface area contributed by atoms with Crippen LogP contribution in [0.15, 0.2) is 35.3 Å². The minimum absolute atomic E-state index is 0.0402. The third-order valence-corrected chi connectivity index (χ3v) is 5.47. The Balaban J connectivity index is 2.03. The molecule has 1 atom stereocenters. The molecule has 1 aliphatic rings. The maximum Gasteiger partial charge on any atom is 0.343 e. The smallest absolute Gasteiger partial charge is 0.343 e. The predicted molar refractivity (Wildman–Crippen MR) is 109 cm³/mol. The molecule has 0 fully saturated rings. The third-order valence-electron chi connectivity index (χ3n) is 5.47. The fourth-order valence-corrected chi connectivity index (χ4v) is 4.00. The van der Waals surface area contributed by atoms with Gasteiger partial charge in [-0.15, -0.1) is 0 Å². The minimum atomic E-state index is -0.574. The summed E-state index contributed by atoms with van der Waals surface area (Å²) in [6.07, 6.45) is 1.67. The lowest BCUT2D eigenvalue weighted by Crippen LogP contribution is -2.35. The molecule has 0 aliphatic carbocycles. The van der Waals surface area contributed by atoms with Crippen LogP contribution in [0.3, 0.4) is 0 Å². The van der Waals surface area contributed by atoms with E-state index in [9.17, 15) is 9.59 Å². The molecule has 28 heavy (non-hydrogen) atoms. The molecule has 4 rings (SSSR count). The molecule has 0 saturated heterocycles. The van der Waals surface area contributed by atoms with E-state index < -0.39 is 5.97 Å². The van der Waals surface area contributed by atoms with E-state index in [0.717, 1.165) is 27.9 Å². The Labute approximate surface area is 163 Å². The molecular formula is C22H25N3O3. The van der Waals surface area contributed by atoms with Crippen molar-refractivity contribution in [2.24, 2.45) is 5.41 Å². The van der Waals surface area contributed by atoms with Crippen LogP contribution in [0.4, 0.5) is 0 Å². The lowest BCUT2D eigenvalue weighted by molar-refractivity contribution is 0.0522. The topological polar surface area (TPSA) is 66.1 Å². The molecule has 2 aromatic heterocycles. The molecule has 1 unspecified atom stereocenters. The fraction of sp³-hybridized carbons (Fsp3) is 0.409. The summed E-state index contributed by atoms with van der Waals surface area (Å²) in [4.78, 5) is 25.1. The zero-order valence-corrected chi connectivity index (χ0v) is 16.9. The van der Waals surface area contributed by atoms with E-state index in [2.05, 4.69) is 25.3 Å². The van der Waals surface area contributed by atoms with Gasteiger partial charge in [0.25, 0.3) is 0 Å². The fourth-order valence-electron chi connectivity index (χ4n) is 4.00. The highest BCUT2D eigenvalue weighted by Gasteiger charge is 2.35. The summed E-state index contributed by atoms with van der Waals surface area (Å²) < 4.78 is 9.16. The van der Waals surface area contributed by atoms with Gasteiger partial charge in [0.2, 0.25) is 0 Å². The first kappa shape index (κ1) is 18.5. The summed E-state index contributed by atoms with van der Waals surface area (Å²) in [6, 6.07) is 7.68. The van der Waals surface area contributed by atoms with Gasteiger partial charge in [-0.05, 0) is 24.8 Å². The van der Waals surface area contributed by atoms with Gasteiger partial charge in [0.05, 0.1) is 36.1 Å². The van der Waals surface area contributed by atoms with Gasteiger partial charge in [-0.3, -0.25) is 9.48 Å². The summed E-state index contributed by atoms with van der Waals surface area (Å²) in [5.41, 5.74) is 3.41. The molecule has 3 aromatic rings. The van der Waals surface area contributed by atoms with E-state index in [-0.39, 0.29) is 29.1 Å². The highest BCUT2D eigenvalue weighted by atomic mass is 16.5. The van der Waals surface area contributed by atoms with Crippen LogP contribution in [0.5, 0.6) is 0 Å². The van der Waals surface area contributed by atoms with Crippen molar-refractivity contribution in [2.75, 3.05) is 6.61 Å². The maximum atomic E-state index is 12.8. The van der Waals surface area contributed by atoms with E-state index in [1.54, 1.807) is 19.2 Å². The largest absolute Gasteiger partial charge is 0.462 e. The standard InChI is InChI=1S/C22H25N3O3/c1-6-28-21(27)15-11-24-16(10-17(15)26)20-14-9-7-8-13(2)19(14)23-25(20)12-18(24)22(3,4)5/h7-11,18H,6,12H2,1-5H3. The monoisotopic (exact) mass is 379 g/mol. The van der Waals surface area contributed by atoms with Crippen LogP contribution in [0.1, 0.15) is 49.7 Å². The highest BCUT2D eigenvalue weighted by Crippen LogP contribution is 2.42. The number of benzene rings is 1.